The van der Waals surface area contributed by atoms with Crippen LogP contribution in [-0.2, 0) is 11.2 Å². The Morgan fingerprint density at radius 3 is 3.17 bits per heavy atom. The van der Waals surface area contributed by atoms with Gasteiger partial charge in [-0.1, -0.05) is 6.07 Å². The molecule has 1 fully saturated rings. The fourth-order valence-electron chi connectivity index (χ4n) is 2.10. The zero-order valence-electron chi connectivity index (χ0n) is 10.6. The van der Waals surface area contributed by atoms with Crippen molar-refractivity contribution in [2.45, 2.75) is 37.4 Å². The summed E-state index contributed by atoms with van der Waals surface area (Å²) in [5, 5.41) is 3.67. The Morgan fingerprint density at radius 2 is 2.44 bits per heavy atom. The van der Waals surface area contributed by atoms with Gasteiger partial charge < -0.3 is 5.32 Å². The van der Waals surface area contributed by atoms with Crippen LogP contribution in [0.5, 0.6) is 0 Å². The Bertz CT molecular complexity index is 363. The first kappa shape index (κ1) is 13.4. The number of aromatic nitrogens is 1. The number of nitrogens with one attached hydrogen (secondary N) is 1. The van der Waals surface area contributed by atoms with E-state index < -0.39 is 0 Å². The van der Waals surface area contributed by atoms with Gasteiger partial charge in [0.05, 0.1) is 0 Å². The number of pyridine rings is 1. The van der Waals surface area contributed by atoms with Crippen LogP contribution in [0.25, 0.3) is 0 Å². The molecule has 1 amide bonds. The Labute approximate surface area is 113 Å². The maximum absolute atomic E-state index is 11.6. The summed E-state index contributed by atoms with van der Waals surface area (Å²) in [6, 6.07) is 5.91. The Hall–Kier alpha value is -1.03. The number of thioether (sulfide) groups is 1. The molecule has 2 heterocycles. The lowest BCUT2D eigenvalue weighted by atomic mass is 10.1. The minimum absolute atomic E-state index is 0.179. The largest absolute Gasteiger partial charge is 0.355 e. The molecule has 98 valence electrons. The standard InChI is InChI=1S/C14H20N2OS/c17-14(16-11-13-7-4-10-18-13)8-3-6-12-5-1-2-9-15-12/h1-2,5,9,13H,3-4,6-8,10-11H2,(H,16,17)/t13-/m1/s1. The zero-order chi connectivity index (χ0) is 12.6. The van der Waals surface area contributed by atoms with Gasteiger partial charge in [-0.05, 0) is 43.6 Å². The molecule has 0 bridgehead atoms. The molecule has 1 atom stereocenters. The molecule has 0 aliphatic carbocycles. The molecule has 1 aliphatic rings. The Balaban J connectivity index is 1.57. The van der Waals surface area contributed by atoms with Gasteiger partial charge in [-0.15, -0.1) is 0 Å². The second kappa shape index (κ2) is 7.41. The van der Waals surface area contributed by atoms with E-state index in [1.165, 1.54) is 18.6 Å². The number of hydrogen-bond acceptors (Lipinski definition) is 3. The van der Waals surface area contributed by atoms with E-state index in [4.69, 9.17) is 0 Å². The molecule has 0 aromatic carbocycles. The van der Waals surface area contributed by atoms with E-state index in [2.05, 4.69) is 10.3 Å². The third kappa shape index (κ3) is 4.69. The van der Waals surface area contributed by atoms with Crippen molar-refractivity contribution in [3.8, 4) is 0 Å². The fourth-order valence-corrected chi connectivity index (χ4v) is 3.30. The molecule has 1 aromatic heterocycles. The summed E-state index contributed by atoms with van der Waals surface area (Å²) in [4.78, 5) is 15.9. The average Bonchev–Trinajstić information content (AvgIpc) is 2.91. The normalized spacial score (nSPS) is 18.8. The molecular weight excluding hydrogens is 244 g/mol. The number of aryl methyl sites for hydroxylation is 1. The van der Waals surface area contributed by atoms with E-state index in [-0.39, 0.29) is 5.91 Å². The molecule has 1 saturated heterocycles. The van der Waals surface area contributed by atoms with Crippen LogP contribution in [0.1, 0.15) is 31.4 Å². The molecule has 4 heteroatoms. The number of nitrogens with zero attached hydrogens (tertiary/aromatic N) is 1. The molecule has 0 spiro atoms. The molecule has 2 rings (SSSR count). The van der Waals surface area contributed by atoms with Gasteiger partial charge in [0.1, 0.15) is 0 Å². The lowest BCUT2D eigenvalue weighted by Gasteiger charge is -2.09. The second-order valence-corrected chi connectivity index (χ2v) is 6.02. The number of carbonyl (C=O) groups excluding carboxylic acids is 1. The van der Waals surface area contributed by atoms with E-state index in [0.29, 0.717) is 11.7 Å². The Kier molecular flexibility index (Phi) is 5.52. The number of hydrogen-bond donors (Lipinski definition) is 1. The van der Waals surface area contributed by atoms with Crippen molar-refractivity contribution < 1.29 is 4.79 Å². The van der Waals surface area contributed by atoms with E-state index in [1.54, 1.807) is 6.20 Å². The molecule has 0 saturated carbocycles. The highest BCUT2D eigenvalue weighted by molar-refractivity contribution is 8.00. The lowest BCUT2D eigenvalue weighted by molar-refractivity contribution is -0.121. The molecule has 18 heavy (non-hydrogen) atoms. The first-order chi connectivity index (χ1) is 8.84. The van der Waals surface area contributed by atoms with Gasteiger partial charge in [0.15, 0.2) is 0 Å². The molecule has 3 nitrogen and oxygen atoms in total. The van der Waals surface area contributed by atoms with Gasteiger partial charge in [-0.25, -0.2) is 0 Å². The summed E-state index contributed by atoms with van der Waals surface area (Å²) in [5.74, 6) is 1.43. The van der Waals surface area contributed by atoms with E-state index in [1.807, 2.05) is 30.0 Å². The van der Waals surface area contributed by atoms with Crippen LogP contribution in [0.15, 0.2) is 24.4 Å². The van der Waals surface area contributed by atoms with Crippen molar-refractivity contribution in [2.24, 2.45) is 0 Å². The first-order valence-corrected chi connectivity index (χ1v) is 7.67. The second-order valence-electron chi connectivity index (χ2n) is 4.61. The first-order valence-electron chi connectivity index (χ1n) is 6.63. The van der Waals surface area contributed by atoms with Crippen LogP contribution in [0, 0.1) is 0 Å². The molecule has 1 aromatic rings. The molecule has 1 aliphatic heterocycles. The monoisotopic (exact) mass is 264 g/mol. The van der Waals surface area contributed by atoms with Crippen LogP contribution in [0.2, 0.25) is 0 Å². The van der Waals surface area contributed by atoms with Gasteiger partial charge in [-0.3, -0.25) is 9.78 Å². The quantitative estimate of drug-likeness (QED) is 0.858. The maximum Gasteiger partial charge on any atom is 0.220 e. The van der Waals surface area contributed by atoms with Crippen molar-refractivity contribution in [1.82, 2.24) is 10.3 Å². The SMILES string of the molecule is O=C(CCCc1ccccn1)NC[C@H]1CCCS1. The lowest BCUT2D eigenvalue weighted by Crippen LogP contribution is -2.29. The van der Waals surface area contributed by atoms with Gasteiger partial charge >= 0.3 is 0 Å². The van der Waals surface area contributed by atoms with Crippen LogP contribution in [-0.4, -0.2) is 28.4 Å². The van der Waals surface area contributed by atoms with Crippen LogP contribution >= 0.6 is 11.8 Å². The highest BCUT2D eigenvalue weighted by atomic mass is 32.2. The van der Waals surface area contributed by atoms with Gasteiger partial charge in [0.2, 0.25) is 5.91 Å². The zero-order valence-corrected chi connectivity index (χ0v) is 11.4. The molecule has 0 unspecified atom stereocenters. The van der Waals surface area contributed by atoms with Gasteiger partial charge in [0, 0.05) is 30.1 Å². The molecule has 1 N–H and O–H groups in total. The van der Waals surface area contributed by atoms with E-state index >= 15 is 0 Å². The van der Waals surface area contributed by atoms with Crippen molar-refractivity contribution in [3.63, 3.8) is 0 Å². The number of amides is 1. The summed E-state index contributed by atoms with van der Waals surface area (Å²) in [7, 11) is 0. The summed E-state index contributed by atoms with van der Waals surface area (Å²) in [5.41, 5.74) is 1.07. The number of carbonyl (C=O) groups is 1. The minimum Gasteiger partial charge on any atom is -0.355 e. The van der Waals surface area contributed by atoms with Gasteiger partial charge in [0.25, 0.3) is 0 Å². The topological polar surface area (TPSA) is 42.0 Å². The predicted molar refractivity (Wildman–Crippen MR) is 75.7 cm³/mol. The third-order valence-electron chi connectivity index (χ3n) is 3.11. The van der Waals surface area contributed by atoms with Crippen molar-refractivity contribution >= 4 is 17.7 Å². The van der Waals surface area contributed by atoms with Gasteiger partial charge in [-0.2, -0.15) is 11.8 Å². The van der Waals surface area contributed by atoms with E-state index in [9.17, 15) is 4.79 Å². The third-order valence-corrected chi connectivity index (χ3v) is 4.51. The summed E-state index contributed by atoms with van der Waals surface area (Å²) in [6.45, 7) is 0.840. The summed E-state index contributed by atoms with van der Waals surface area (Å²) in [6.07, 6.45) is 6.71. The van der Waals surface area contributed by atoms with Crippen LogP contribution in [0.4, 0.5) is 0 Å². The van der Waals surface area contributed by atoms with Crippen LogP contribution < -0.4 is 5.32 Å². The predicted octanol–water partition coefficient (Wildman–Crippen LogP) is 2.42. The smallest absolute Gasteiger partial charge is 0.220 e. The fraction of sp³-hybridized carbons (Fsp3) is 0.571. The highest BCUT2D eigenvalue weighted by Gasteiger charge is 2.15. The van der Waals surface area contributed by atoms with Crippen molar-refractivity contribution in [1.29, 1.82) is 0 Å². The molecule has 0 radical (unpaired) electrons. The molecular formula is C14H20N2OS. The van der Waals surface area contributed by atoms with Crippen LogP contribution in [0.3, 0.4) is 0 Å². The number of rotatable bonds is 6. The minimum atomic E-state index is 0.179. The maximum atomic E-state index is 11.6. The van der Waals surface area contributed by atoms with E-state index in [0.717, 1.165) is 25.1 Å². The Morgan fingerprint density at radius 1 is 1.50 bits per heavy atom. The average molecular weight is 264 g/mol. The van der Waals surface area contributed by atoms with Crippen molar-refractivity contribution in [2.75, 3.05) is 12.3 Å². The summed E-state index contributed by atoms with van der Waals surface area (Å²) >= 11 is 1.98. The summed E-state index contributed by atoms with van der Waals surface area (Å²) < 4.78 is 0. The highest BCUT2D eigenvalue weighted by Crippen LogP contribution is 2.25. The van der Waals surface area contributed by atoms with Crippen molar-refractivity contribution in [3.05, 3.63) is 30.1 Å².